The normalized spacial score (nSPS) is 16.5. The maximum Gasteiger partial charge on any atom is 0.258 e. The van der Waals surface area contributed by atoms with Crippen LogP contribution in [0.15, 0.2) is 24.3 Å². The first kappa shape index (κ1) is 13.9. The minimum absolute atomic E-state index is 0.0107. The van der Waals surface area contributed by atoms with Gasteiger partial charge in [0.2, 0.25) is 0 Å². The van der Waals surface area contributed by atoms with Gasteiger partial charge in [-0.3, -0.25) is 4.79 Å². The van der Waals surface area contributed by atoms with Crippen LogP contribution in [0.4, 0.5) is 0 Å². The van der Waals surface area contributed by atoms with E-state index in [1.54, 1.807) is 0 Å². The zero-order valence-corrected chi connectivity index (χ0v) is 11.3. The minimum Gasteiger partial charge on any atom is -0.484 e. The molecular weight excluding hydrogens is 242 g/mol. The number of aryl methyl sites for hydroxylation is 1. The smallest absolute Gasteiger partial charge is 0.258 e. The number of hydrogen-bond donors (Lipinski definition) is 2. The molecule has 1 fully saturated rings. The van der Waals surface area contributed by atoms with E-state index in [1.165, 1.54) is 5.56 Å². The highest BCUT2D eigenvalue weighted by Crippen LogP contribution is 2.30. The third-order valence-corrected chi connectivity index (χ3v) is 3.58. The second-order valence-electron chi connectivity index (χ2n) is 5.14. The van der Waals surface area contributed by atoms with Crippen LogP contribution in [-0.4, -0.2) is 29.8 Å². The van der Waals surface area contributed by atoms with Gasteiger partial charge in [-0.05, 0) is 43.4 Å². The maximum atomic E-state index is 11.6. The first-order valence-corrected chi connectivity index (χ1v) is 6.82. The summed E-state index contributed by atoms with van der Waals surface area (Å²) in [6.45, 7) is 2.39. The molecule has 0 aliphatic heterocycles. The first-order valence-electron chi connectivity index (χ1n) is 6.82. The fraction of sp³-hybridized carbons (Fsp3) is 0.533. The summed E-state index contributed by atoms with van der Waals surface area (Å²) in [5, 5.41) is 12.6. The van der Waals surface area contributed by atoms with E-state index in [-0.39, 0.29) is 12.5 Å². The van der Waals surface area contributed by atoms with Gasteiger partial charge < -0.3 is 15.2 Å². The quantitative estimate of drug-likeness (QED) is 0.820. The molecule has 1 aliphatic rings. The van der Waals surface area contributed by atoms with E-state index in [9.17, 15) is 9.90 Å². The second kappa shape index (κ2) is 6.06. The molecule has 2 rings (SSSR count). The molecule has 0 bridgehead atoms. The number of ether oxygens (including phenoxy) is 1. The maximum absolute atomic E-state index is 11.6. The van der Waals surface area contributed by atoms with E-state index in [4.69, 9.17) is 4.74 Å². The fourth-order valence-electron chi connectivity index (χ4n) is 2.08. The van der Waals surface area contributed by atoms with Crippen molar-refractivity contribution in [3.05, 3.63) is 29.8 Å². The molecule has 0 aromatic heterocycles. The molecule has 0 unspecified atom stereocenters. The molecule has 2 N–H and O–H groups in total. The summed E-state index contributed by atoms with van der Waals surface area (Å²) in [6.07, 6.45) is 3.52. The van der Waals surface area contributed by atoms with E-state index >= 15 is 0 Å². The SMILES string of the molecule is CCc1cccc(OCC(=O)NCC2(O)CCC2)c1. The van der Waals surface area contributed by atoms with Crippen LogP contribution in [0.3, 0.4) is 0 Å². The molecular formula is C15H21NO3. The number of benzene rings is 1. The van der Waals surface area contributed by atoms with Gasteiger partial charge in [0.05, 0.1) is 5.60 Å². The van der Waals surface area contributed by atoms with Gasteiger partial charge in [-0.1, -0.05) is 19.1 Å². The number of nitrogens with one attached hydrogen (secondary N) is 1. The summed E-state index contributed by atoms with van der Waals surface area (Å²) in [5.74, 6) is 0.513. The largest absolute Gasteiger partial charge is 0.484 e. The van der Waals surface area contributed by atoms with E-state index in [2.05, 4.69) is 12.2 Å². The molecule has 4 heteroatoms. The van der Waals surface area contributed by atoms with Crippen molar-refractivity contribution in [1.82, 2.24) is 5.32 Å². The third kappa shape index (κ3) is 3.96. The Kier molecular flexibility index (Phi) is 4.43. The number of amides is 1. The molecule has 4 nitrogen and oxygen atoms in total. The van der Waals surface area contributed by atoms with Crippen LogP contribution in [0.2, 0.25) is 0 Å². The number of hydrogen-bond acceptors (Lipinski definition) is 3. The van der Waals surface area contributed by atoms with Gasteiger partial charge in [0.1, 0.15) is 5.75 Å². The van der Waals surface area contributed by atoms with Gasteiger partial charge >= 0.3 is 0 Å². The molecule has 1 saturated carbocycles. The highest BCUT2D eigenvalue weighted by molar-refractivity contribution is 5.77. The zero-order valence-electron chi connectivity index (χ0n) is 11.3. The molecule has 0 spiro atoms. The van der Waals surface area contributed by atoms with Crippen molar-refractivity contribution >= 4 is 5.91 Å². The Hall–Kier alpha value is -1.55. The lowest BCUT2D eigenvalue weighted by atomic mass is 9.80. The van der Waals surface area contributed by atoms with E-state index in [1.807, 2.05) is 24.3 Å². The van der Waals surface area contributed by atoms with Crippen LogP contribution in [-0.2, 0) is 11.2 Å². The molecule has 19 heavy (non-hydrogen) atoms. The standard InChI is InChI=1S/C15H21NO3/c1-2-12-5-3-6-13(9-12)19-10-14(17)16-11-15(18)7-4-8-15/h3,5-6,9,18H,2,4,7-8,10-11H2,1H3,(H,16,17). The summed E-state index contributed by atoms with van der Waals surface area (Å²) in [6, 6.07) is 7.72. The average molecular weight is 263 g/mol. The molecule has 1 amide bonds. The number of rotatable bonds is 6. The third-order valence-electron chi connectivity index (χ3n) is 3.58. The lowest BCUT2D eigenvalue weighted by Gasteiger charge is -2.36. The van der Waals surface area contributed by atoms with Crippen molar-refractivity contribution in [3.8, 4) is 5.75 Å². The van der Waals surface area contributed by atoms with Crippen LogP contribution in [0.5, 0.6) is 5.75 Å². The Bertz CT molecular complexity index is 441. The lowest BCUT2D eigenvalue weighted by Crippen LogP contribution is -2.48. The van der Waals surface area contributed by atoms with Crippen molar-refractivity contribution < 1.29 is 14.6 Å². The van der Waals surface area contributed by atoms with Crippen LogP contribution >= 0.6 is 0 Å². The number of carbonyl (C=O) groups excluding carboxylic acids is 1. The zero-order chi connectivity index (χ0) is 13.7. The van der Waals surface area contributed by atoms with Gasteiger partial charge in [-0.15, -0.1) is 0 Å². The Morgan fingerprint density at radius 1 is 1.47 bits per heavy atom. The lowest BCUT2D eigenvalue weighted by molar-refractivity contribution is -0.125. The Morgan fingerprint density at radius 3 is 2.89 bits per heavy atom. The van der Waals surface area contributed by atoms with Crippen LogP contribution in [0.1, 0.15) is 31.7 Å². The summed E-state index contributed by atoms with van der Waals surface area (Å²) in [4.78, 5) is 11.6. The summed E-state index contributed by atoms with van der Waals surface area (Å²) in [7, 11) is 0. The highest BCUT2D eigenvalue weighted by Gasteiger charge is 2.34. The van der Waals surface area contributed by atoms with Gasteiger partial charge in [-0.25, -0.2) is 0 Å². The topological polar surface area (TPSA) is 58.6 Å². The molecule has 1 aliphatic carbocycles. The molecule has 1 aromatic carbocycles. The Balaban J connectivity index is 1.73. The molecule has 1 aromatic rings. The predicted molar refractivity (Wildman–Crippen MR) is 73.1 cm³/mol. The van der Waals surface area contributed by atoms with Gasteiger partial charge in [0.25, 0.3) is 5.91 Å². The second-order valence-corrected chi connectivity index (χ2v) is 5.14. The number of carbonyl (C=O) groups is 1. The first-order chi connectivity index (χ1) is 9.11. The van der Waals surface area contributed by atoms with Gasteiger partial charge in [-0.2, -0.15) is 0 Å². The molecule has 0 saturated heterocycles. The van der Waals surface area contributed by atoms with E-state index in [0.717, 1.165) is 25.7 Å². The van der Waals surface area contributed by atoms with Gasteiger partial charge in [0.15, 0.2) is 6.61 Å². The summed E-state index contributed by atoms with van der Waals surface area (Å²) in [5.41, 5.74) is 0.499. The fourth-order valence-corrected chi connectivity index (χ4v) is 2.08. The van der Waals surface area contributed by atoms with Crippen LogP contribution < -0.4 is 10.1 Å². The minimum atomic E-state index is -0.683. The van der Waals surface area contributed by atoms with Crippen LogP contribution in [0, 0.1) is 0 Å². The molecule has 0 radical (unpaired) electrons. The van der Waals surface area contributed by atoms with Crippen molar-refractivity contribution in [2.24, 2.45) is 0 Å². The predicted octanol–water partition coefficient (Wildman–Crippen LogP) is 1.66. The summed E-state index contributed by atoms with van der Waals surface area (Å²) >= 11 is 0. The highest BCUT2D eigenvalue weighted by atomic mass is 16.5. The molecule has 0 atom stereocenters. The molecule has 0 heterocycles. The van der Waals surface area contributed by atoms with Crippen molar-refractivity contribution in [3.63, 3.8) is 0 Å². The van der Waals surface area contributed by atoms with E-state index < -0.39 is 5.60 Å². The van der Waals surface area contributed by atoms with Gasteiger partial charge in [0, 0.05) is 6.54 Å². The van der Waals surface area contributed by atoms with Crippen molar-refractivity contribution in [1.29, 1.82) is 0 Å². The average Bonchev–Trinajstić information content (AvgIpc) is 2.41. The van der Waals surface area contributed by atoms with Crippen molar-refractivity contribution in [2.45, 2.75) is 38.2 Å². The van der Waals surface area contributed by atoms with E-state index in [0.29, 0.717) is 12.3 Å². The summed E-state index contributed by atoms with van der Waals surface area (Å²) < 4.78 is 5.43. The Labute approximate surface area is 113 Å². The van der Waals surface area contributed by atoms with Crippen LogP contribution in [0.25, 0.3) is 0 Å². The molecule has 104 valence electrons. The number of aliphatic hydroxyl groups is 1. The van der Waals surface area contributed by atoms with Crippen molar-refractivity contribution in [2.75, 3.05) is 13.2 Å². The Morgan fingerprint density at radius 2 is 2.26 bits per heavy atom. The monoisotopic (exact) mass is 263 g/mol.